The van der Waals surface area contributed by atoms with Gasteiger partial charge in [0.05, 0.1) is 13.2 Å². The number of morpholine rings is 1. The molecule has 2 aliphatic heterocycles. The molecule has 1 aromatic carbocycles. The maximum absolute atomic E-state index is 11.9. The number of hydrogen-bond acceptors (Lipinski definition) is 5. The molecule has 1 aromatic rings. The smallest absolute Gasteiger partial charge is 0.366 e. The summed E-state index contributed by atoms with van der Waals surface area (Å²) in [5.41, 5.74) is 0.912. The highest BCUT2D eigenvalue weighted by Crippen LogP contribution is 2.24. The number of carbonyl (C=O) groups is 1. The number of cyclic esters (lactones) is 1. The Kier molecular flexibility index (Phi) is 3.71. The third kappa shape index (κ3) is 2.55. The number of nitrogens with zero attached hydrogens (tertiary/aromatic N) is 2. The molecule has 0 atom stereocenters. The first-order valence-corrected chi connectivity index (χ1v) is 6.72. The minimum absolute atomic E-state index is 0.160. The van der Waals surface area contributed by atoms with Crippen LogP contribution in [0.4, 0.5) is 0 Å². The number of halogens is 1. The molecule has 0 spiro atoms. The summed E-state index contributed by atoms with van der Waals surface area (Å²) in [5, 5.41) is 0.323. The number of aliphatic imine (C=N–C) groups is 1. The normalized spacial score (nSPS) is 21.6. The quantitative estimate of drug-likeness (QED) is 0.473. The molecule has 0 aliphatic carbocycles. The van der Waals surface area contributed by atoms with Crippen LogP contribution in [-0.4, -0.2) is 43.1 Å². The Morgan fingerprint density at radius 3 is 2.60 bits per heavy atom. The molecule has 0 amide bonds. The van der Waals surface area contributed by atoms with Gasteiger partial charge in [0.1, 0.15) is 5.16 Å². The summed E-state index contributed by atoms with van der Waals surface area (Å²) >= 11 is 6.26. The first-order valence-electron chi connectivity index (χ1n) is 6.34. The highest BCUT2D eigenvalue weighted by Gasteiger charge is 2.29. The lowest BCUT2D eigenvalue weighted by atomic mass is 10.2. The molecule has 0 aromatic heterocycles. The van der Waals surface area contributed by atoms with E-state index < -0.39 is 5.97 Å². The van der Waals surface area contributed by atoms with Crippen molar-refractivity contribution in [1.29, 1.82) is 0 Å². The van der Waals surface area contributed by atoms with Crippen molar-refractivity contribution in [3.8, 4) is 0 Å². The molecule has 2 aliphatic rings. The largest absolute Gasteiger partial charge is 0.402 e. The van der Waals surface area contributed by atoms with Gasteiger partial charge < -0.3 is 14.4 Å². The van der Waals surface area contributed by atoms with E-state index in [-0.39, 0.29) is 11.6 Å². The molecule has 0 radical (unpaired) electrons. The van der Waals surface area contributed by atoms with Crippen molar-refractivity contribution in [2.24, 2.45) is 4.99 Å². The van der Waals surface area contributed by atoms with E-state index in [2.05, 4.69) is 4.99 Å². The molecule has 0 unspecified atom stereocenters. The Labute approximate surface area is 121 Å². The summed E-state index contributed by atoms with van der Waals surface area (Å²) in [4.78, 5) is 18.0. The predicted octanol–water partition coefficient (Wildman–Crippen LogP) is 1.73. The van der Waals surface area contributed by atoms with Gasteiger partial charge in [-0.05, 0) is 12.1 Å². The minimum Gasteiger partial charge on any atom is -0.402 e. The second-order valence-electron chi connectivity index (χ2n) is 4.41. The number of carbonyl (C=O) groups excluding carboxylic acids is 1. The molecule has 3 rings (SSSR count). The van der Waals surface area contributed by atoms with Crippen LogP contribution in [0.25, 0.3) is 0 Å². The highest BCUT2D eigenvalue weighted by molar-refractivity contribution is 6.32. The SMILES string of the molecule is O=C1OC(c2ccccc2)=NC1=C(Cl)N1CCOCC1. The van der Waals surface area contributed by atoms with Crippen molar-refractivity contribution >= 4 is 23.5 Å². The van der Waals surface area contributed by atoms with Crippen LogP contribution in [0.2, 0.25) is 0 Å². The fourth-order valence-electron chi connectivity index (χ4n) is 2.05. The van der Waals surface area contributed by atoms with E-state index in [1.54, 1.807) is 0 Å². The maximum atomic E-state index is 11.9. The molecule has 104 valence electrons. The van der Waals surface area contributed by atoms with E-state index in [1.807, 2.05) is 35.2 Å². The van der Waals surface area contributed by atoms with E-state index in [4.69, 9.17) is 21.1 Å². The van der Waals surface area contributed by atoms with E-state index >= 15 is 0 Å². The van der Waals surface area contributed by atoms with Crippen LogP contribution in [0, 0.1) is 0 Å². The van der Waals surface area contributed by atoms with Crippen molar-refractivity contribution in [3.63, 3.8) is 0 Å². The van der Waals surface area contributed by atoms with Crippen LogP contribution in [0.5, 0.6) is 0 Å². The molecular weight excluding hydrogens is 280 g/mol. The van der Waals surface area contributed by atoms with E-state index in [0.29, 0.717) is 31.5 Å². The lowest BCUT2D eigenvalue weighted by molar-refractivity contribution is -0.130. The highest BCUT2D eigenvalue weighted by atomic mass is 35.5. The van der Waals surface area contributed by atoms with E-state index in [0.717, 1.165) is 5.56 Å². The summed E-state index contributed by atoms with van der Waals surface area (Å²) in [7, 11) is 0. The molecule has 0 N–H and O–H groups in total. The van der Waals surface area contributed by atoms with Gasteiger partial charge >= 0.3 is 5.97 Å². The lowest BCUT2D eigenvalue weighted by Crippen LogP contribution is -2.35. The Morgan fingerprint density at radius 1 is 1.20 bits per heavy atom. The van der Waals surface area contributed by atoms with Gasteiger partial charge in [0.2, 0.25) is 5.90 Å². The van der Waals surface area contributed by atoms with Gasteiger partial charge in [0.15, 0.2) is 5.70 Å². The third-order valence-corrected chi connectivity index (χ3v) is 3.52. The lowest BCUT2D eigenvalue weighted by Gasteiger charge is -2.27. The summed E-state index contributed by atoms with van der Waals surface area (Å²) in [6.45, 7) is 2.47. The average Bonchev–Trinajstić information content (AvgIpc) is 2.90. The molecule has 1 saturated heterocycles. The molecule has 1 fully saturated rings. The summed E-state index contributed by atoms with van der Waals surface area (Å²) in [5.74, 6) is -0.225. The zero-order valence-corrected chi connectivity index (χ0v) is 11.5. The molecular formula is C14H13ClN2O3. The minimum atomic E-state index is -0.514. The standard InChI is InChI=1S/C14H13ClN2O3/c15-12(17-6-8-19-9-7-17)11-14(18)20-13(16-11)10-4-2-1-3-5-10/h1-5H,6-9H2. The van der Waals surface area contributed by atoms with Gasteiger partial charge in [0.25, 0.3) is 0 Å². The van der Waals surface area contributed by atoms with Crippen molar-refractivity contribution in [2.75, 3.05) is 26.3 Å². The Morgan fingerprint density at radius 2 is 1.90 bits per heavy atom. The fourth-order valence-corrected chi connectivity index (χ4v) is 2.34. The summed E-state index contributed by atoms with van der Waals surface area (Å²) in [6, 6.07) is 9.27. The van der Waals surface area contributed by atoms with Crippen molar-refractivity contribution in [1.82, 2.24) is 4.90 Å². The Balaban J connectivity index is 1.89. The third-order valence-electron chi connectivity index (χ3n) is 3.10. The molecule has 0 bridgehead atoms. The van der Waals surface area contributed by atoms with Crippen LogP contribution in [0.1, 0.15) is 5.56 Å². The van der Waals surface area contributed by atoms with Crippen molar-refractivity contribution in [2.45, 2.75) is 0 Å². The Hall–Kier alpha value is -1.85. The van der Waals surface area contributed by atoms with Gasteiger partial charge in [-0.3, -0.25) is 0 Å². The summed E-state index contributed by atoms with van der Waals surface area (Å²) in [6.07, 6.45) is 0. The van der Waals surface area contributed by atoms with Gasteiger partial charge in [0, 0.05) is 18.7 Å². The Bertz CT molecular complexity index is 577. The molecule has 2 heterocycles. The number of ether oxygens (including phenoxy) is 2. The average molecular weight is 293 g/mol. The van der Waals surface area contributed by atoms with Gasteiger partial charge in [-0.15, -0.1) is 0 Å². The monoisotopic (exact) mass is 292 g/mol. The van der Waals surface area contributed by atoms with Crippen LogP contribution in [0.3, 0.4) is 0 Å². The molecule has 5 nitrogen and oxygen atoms in total. The predicted molar refractivity (Wildman–Crippen MR) is 74.3 cm³/mol. The second-order valence-corrected chi connectivity index (χ2v) is 4.77. The zero-order chi connectivity index (χ0) is 13.9. The van der Waals surface area contributed by atoms with E-state index in [9.17, 15) is 4.79 Å². The van der Waals surface area contributed by atoms with E-state index in [1.165, 1.54) is 0 Å². The fraction of sp³-hybridized carbons (Fsp3) is 0.286. The van der Waals surface area contributed by atoms with Crippen molar-refractivity contribution in [3.05, 3.63) is 46.7 Å². The van der Waals surface area contributed by atoms with Crippen LogP contribution >= 0.6 is 11.6 Å². The number of hydrogen-bond donors (Lipinski definition) is 0. The first kappa shape index (κ1) is 13.1. The van der Waals surface area contributed by atoms with Crippen molar-refractivity contribution < 1.29 is 14.3 Å². The summed E-state index contributed by atoms with van der Waals surface area (Å²) < 4.78 is 10.4. The van der Waals surface area contributed by atoms with Crippen LogP contribution in [0.15, 0.2) is 46.2 Å². The maximum Gasteiger partial charge on any atom is 0.366 e. The number of benzene rings is 1. The van der Waals surface area contributed by atoms with Crippen LogP contribution < -0.4 is 0 Å². The van der Waals surface area contributed by atoms with Gasteiger partial charge in [-0.1, -0.05) is 29.8 Å². The number of rotatable bonds is 2. The molecule has 0 saturated carbocycles. The van der Waals surface area contributed by atoms with Gasteiger partial charge in [-0.2, -0.15) is 0 Å². The van der Waals surface area contributed by atoms with Gasteiger partial charge in [-0.25, -0.2) is 9.79 Å². The zero-order valence-electron chi connectivity index (χ0n) is 10.7. The second kappa shape index (κ2) is 5.64. The number of esters is 1. The molecule has 6 heteroatoms. The van der Waals surface area contributed by atoms with Crippen LogP contribution in [-0.2, 0) is 14.3 Å². The topological polar surface area (TPSA) is 51.1 Å². The molecule has 20 heavy (non-hydrogen) atoms. The first-order chi connectivity index (χ1) is 9.75.